The Morgan fingerprint density at radius 3 is 2.35 bits per heavy atom. The number of hydrogen-bond acceptors (Lipinski definition) is 5. The summed E-state index contributed by atoms with van der Waals surface area (Å²) in [6.07, 6.45) is 3.09. The third-order valence-corrected chi connectivity index (χ3v) is 6.83. The van der Waals surface area contributed by atoms with E-state index in [9.17, 15) is 13.6 Å². The average Bonchev–Trinajstić information content (AvgIpc) is 2.80. The van der Waals surface area contributed by atoms with Gasteiger partial charge in [0, 0.05) is 42.0 Å². The van der Waals surface area contributed by atoms with Crippen LogP contribution in [0.3, 0.4) is 0 Å². The van der Waals surface area contributed by atoms with Gasteiger partial charge in [-0.1, -0.05) is 28.1 Å². The van der Waals surface area contributed by atoms with E-state index in [-0.39, 0.29) is 23.9 Å². The minimum atomic E-state index is -0.939. The smallest absolute Gasteiger partial charge is 0.225 e. The van der Waals surface area contributed by atoms with Crippen LogP contribution < -0.4 is 15.5 Å². The number of benzene rings is 2. The molecule has 0 saturated heterocycles. The summed E-state index contributed by atoms with van der Waals surface area (Å²) in [6.45, 7) is 1.99. The van der Waals surface area contributed by atoms with Gasteiger partial charge in [0.25, 0.3) is 0 Å². The maximum absolute atomic E-state index is 13.8. The molecule has 1 saturated carbocycles. The quantitative estimate of drug-likeness (QED) is 0.434. The molecule has 1 amide bonds. The summed E-state index contributed by atoms with van der Waals surface area (Å²) in [5.41, 5.74) is 1.41. The van der Waals surface area contributed by atoms with Crippen LogP contribution in [0.15, 0.2) is 40.9 Å². The van der Waals surface area contributed by atoms with E-state index in [0.717, 1.165) is 47.9 Å². The second kappa shape index (κ2) is 10.2. The van der Waals surface area contributed by atoms with Crippen molar-refractivity contribution in [3.8, 4) is 0 Å². The maximum Gasteiger partial charge on any atom is 0.225 e. The van der Waals surface area contributed by atoms with E-state index in [4.69, 9.17) is 0 Å². The molecule has 0 spiro atoms. The highest BCUT2D eigenvalue weighted by atomic mass is 79.9. The van der Waals surface area contributed by atoms with Gasteiger partial charge in [0.2, 0.25) is 11.9 Å². The molecule has 2 aromatic carbocycles. The van der Waals surface area contributed by atoms with Crippen molar-refractivity contribution in [1.82, 2.24) is 15.3 Å². The van der Waals surface area contributed by atoms with Gasteiger partial charge < -0.3 is 15.5 Å². The van der Waals surface area contributed by atoms with Gasteiger partial charge in [-0.05, 0) is 56.4 Å². The van der Waals surface area contributed by atoms with Crippen LogP contribution in [0.5, 0.6) is 0 Å². The Balaban J connectivity index is 1.38. The molecule has 1 unspecified atom stereocenters. The average molecular weight is 532 g/mol. The Bertz CT molecular complexity index is 1180. The molecule has 4 rings (SSSR count). The lowest BCUT2D eigenvalue weighted by atomic mass is 9.85. The SMILES string of the molecule is CC(NC(=O)[C@H]1CC[C@@H](Nc2nc(N(C)C)c3cc(F)c(F)cc3n2)CC1)c1ccc(Br)cc1. The van der Waals surface area contributed by atoms with Gasteiger partial charge in [-0.2, -0.15) is 4.98 Å². The fourth-order valence-corrected chi connectivity index (χ4v) is 4.63. The van der Waals surface area contributed by atoms with Crippen LogP contribution in [0, 0.1) is 17.6 Å². The molecule has 1 aromatic heterocycles. The first-order valence-corrected chi connectivity index (χ1v) is 12.2. The number of carbonyl (C=O) groups is 1. The van der Waals surface area contributed by atoms with Gasteiger partial charge in [0.05, 0.1) is 11.6 Å². The number of anilines is 2. The molecule has 180 valence electrons. The van der Waals surface area contributed by atoms with E-state index in [1.165, 1.54) is 0 Å². The van der Waals surface area contributed by atoms with Crippen molar-refractivity contribution in [2.45, 2.75) is 44.7 Å². The van der Waals surface area contributed by atoms with Gasteiger partial charge in [-0.3, -0.25) is 4.79 Å². The van der Waals surface area contributed by atoms with Gasteiger partial charge in [0.15, 0.2) is 11.6 Å². The molecule has 1 aliphatic carbocycles. The molecule has 1 atom stereocenters. The fourth-order valence-electron chi connectivity index (χ4n) is 4.36. The lowest BCUT2D eigenvalue weighted by molar-refractivity contribution is -0.126. The number of carbonyl (C=O) groups excluding carboxylic acids is 1. The Kier molecular flexibility index (Phi) is 7.30. The number of aromatic nitrogens is 2. The molecule has 0 radical (unpaired) electrons. The first-order chi connectivity index (χ1) is 16.2. The minimum absolute atomic E-state index is 0.0390. The van der Waals surface area contributed by atoms with Crippen molar-refractivity contribution >= 4 is 44.5 Å². The van der Waals surface area contributed by atoms with Crippen LogP contribution >= 0.6 is 15.9 Å². The molecule has 1 aliphatic rings. The number of halogens is 3. The van der Waals surface area contributed by atoms with Crippen LogP contribution in [-0.2, 0) is 4.79 Å². The summed E-state index contributed by atoms with van der Waals surface area (Å²) in [7, 11) is 3.60. The highest BCUT2D eigenvalue weighted by Crippen LogP contribution is 2.30. The van der Waals surface area contributed by atoms with E-state index in [2.05, 4.69) is 36.5 Å². The summed E-state index contributed by atoms with van der Waals surface area (Å²) in [5.74, 6) is -0.942. The summed E-state index contributed by atoms with van der Waals surface area (Å²) in [5, 5.41) is 6.91. The number of fused-ring (bicyclic) bond motifs is 1. The number of nitrogens with one attached hydrogen (secondary N) is 2. The second-order valence-corrected chi connectivity index (χ2v) is 9.94. The van der Waals surface area contributed by atoms with Gasteiger partial charge in [0.1, 0.15) is 5.82 Å². The molecule has 9 heteroatoms. The summed E-state index contributed by atoms with van der Waals surface area (Å²) >= 11 is 3.43. The number of rotatable bonds is 6. The van der Waals surface area contributed by atoms with Crippen molar-refractivity contribution in [2.24, 2.45) is 5.92 Å². The Morgan fingerprint density at radius 1 is 1.06 bits per heavy atom. The second-order valence-electron chi connectivity index (χ2n) is 9.02. The number of nitrogens with zero attached hydrogens (tertiary/aromatic N) is 3. The summed E-state index contributed by atoms with van der Waals surface area (Å²) < 4.78 is 28.6. The van der Waals surface area contributed by atoms with Crippen molar-refractivity contribution in [1.29, 1.82) is 0 Å². The monoisotopic (exact) mass is 531 g/mol. The van der Waals surface area contributed by atoms with E-state index < -0.39 is 11.6 Å². The molecule has 2 N–H and O–H groups in total. The summed E-state index contributed by atoms with van der Waals surface area (Å²) in [4.78, 5) is 23.5. The Morgan fingerprint density at radius 2 is 1.71 bits per heavy atom. The van der Waals surface area contributed by atoms with Gasteiger partial charge in [-0.25, -0.2) is 13.8 Å². The van der Waals surface area contributed by atoms with Gasteiger partial charge >= 0.3 is 0 Å². The minimum Gasteiger partial charge on any atom is -0.362 e. The standard InChI is InChI=1S/C25H28BrF2N5O/c1-14(15-4-8-17(26)9-5-15)29-24(34)16-6-10-18(11-7-16)30-25-31-22-13-21(28)20(27)12-19(22)23(32-25)33(2)3/h4-5,8-9,12-14,16,18H,6-7,10-11H2,1-3H3,(H,29,34)(H,30,31,32)/t14?,16-,18+. The highest BCUT2D eigenvalue weighted by Gasteiger charge is 2.28. The first kappa shape index (κ1) is 24.3. The topological polar surface area (TPSA) is 70.2 Å². The van der Waals surface area contributed by atoms with Crippen LogP contribution in [0.4, 0.5) is 20.5 Å². The fraction of sp³-hybridized carbons (Fsp3) is 0.400. The molecule has 3 aromatic rings. The maximum atomic E-state index is 13.8. The first-order valence-electron chi connectivity index (χ1n) is 11.4. The summed E-state index contributed by atoms with van der Waals surface area (Å²) in [6, 6.07) is 10.2. The zero-order chi connectivity index (χ0) is 24.4. The predicted octanol–water partition coefficient (Wildman–Crippen LogP) is 5.58. The molecule has 34 heavy (non-hydrogen) atoms. The van der Waals surface area contributed by atoms with Crippen molar-refractivity contribution < 1.29 is 13.6 Å². The lowest BCUT2D eigenvalue weighted by Crippen LogP contribution is -2.37. The highest BCUT2D eigenvalue weighted by molar-refractivity contribution is 9.10. The zero-order valence-electron chi connectivity index (χ0n) is 19.4. The van der Waals surface area contributed by atoms with Crippen molar-refractivity contribution in [3.05, 3.63) is 58.1 Å². The molecule has 1 heterocycles. The van der Waals surface area contributed by atoms with Crippen molar-refractivity contribution in [3.63, 3.8) is 0 Å². The zero-order valence-corrected chi connectivity index (χ0v) is 21.0. The number of amides is 1. The van der Waals surface area contributed by atoms with Gasteiger partial charge in [-0.15, -0.1) is 0 Å². The van der Waals surface area contributed by atoms with E-state index in [1.807, 2.05) is 31.2 Å². The van der Waals surface area contributed by atoms with E-state index in [0.29, 0.717) is 22.7 Å². The molecule has 0 bridgehead atoms. The normalized spacial score (nSPS) is 19.0. The lowest BCUT2D eigenvalue weighted by Gasteiger charge is -2.29. The molecule has 1 fully saturated rings. The van der Waals surface area contributed by atoms with Crippen LogP contribution in [0.1, 0.15) is 44.2 Å². The molecular weight excluding hydrogens is 504 g/mol. The third-order valence-electron chi connectivity index (χ3n) is 6.30. The third kappa shape index (κ3) is 5.46. The van der Waals surface area contributed by atoms with Crippen molar-refractivity contribution in [2.75, 3.05) is 24.3 Å². The molecule has 6 nitrogen and oxygen atoms in total. The van der Waals surface area contributed by atoms with Crippen LogP contribution in [0.2, 0.25) is 0 Å². The Hall–Kier alpha value is -2.81. The van der Waals surface area contributed by atoms with E-state index in [1.54, 1.807) is 19.0 Å². The van der Waals surface area contributed by atoms with E-state index >= 15 is 0 Å². The molecular formula is C25H28BrF2N5O. The largest absolute Gasteiger partial charge is 0.362 e. The van der Waals surface area contributed by atoms with Crippen LogP contribution in [0.25, 0.3) is 10.9 Å². The Labute approximate surface area is 206 Å². The van der Waals surface area contributed by atoms with Crippen LogP contribution in [-0.4, -0.2) is 36.0 Å². The molecule has 0 aliphatic heterocycles. The number of hydrogen-bond donors (Lipinski definition) is 2. The predicted molar refractivity (Wildman–Crippen MR) is 134 cm³/mol.